The molecular formula is C14H15ClF3N3. The zero-order valence-electron chi connectivity index (χ0n) is 11.4. The molecule has 114 valence electrons. The van der Waals surface area contributed by atoms with Crippen molar-refractivity contribution in [2.75, 3.05) is 6.54 Å². The van der Waals surface area contributed by atoms with Crippen LogP contribution in [0.4, 0.5) is 13.2 Å². The van der Waals surface area contributed by atoms with Crippen molar-refractivity contribution >= 4 is 11.6 Å². The van der Waals surface area contributed by atoms with Crippen molar-refractivity contribution in [1.29, 1.82) is 0 Å². The summed E-state index contributed by atoms with van der Waals surface area (Å²) in [6, 6.07) is 5.21. The van der Waals surface area contributed by atoms with Gasteiger partial charge in [0.15, 0.2) is 0 Å². The smallest absolute Gasteiger partial charge is 0.313 e. The summed E-state index contributed by atoms with van der Waals surface area (Å²) >= 11 is 6.13. The summed E-state index contributed by atoms with van der Waals surface area (Å²) in [5.74, 6) is 0. The molecule has 0 aliphatic carbocycles. The minimum Gasteiger partial charge on any atom is -0.313 e. The Kier molecular flexibility index (Phi) is 4.90. The highest BCUT2D eigenvalue weighted by atomic mass is 35.5. The zero-order valence-corrected chi connectivity index (χ0v) is 12.2. The lowest BCUT2D eigenvalue weighted by Gasteiger charge is -2.08. The van der Waals surface area contributed by atoms with E-state index in [0.29, 0.717) is 17.3 Å². The molecule has 0 amide bonds. The molecule has 0 unspecified atom stereocenters. The average molecular weight is 318 g/mol. The number of alkyl halides is 3. The first-order chi connectivity index (χ1) is 9.91. The molecule has 1 N–H and O–H groups in total. The number of hydrogen-bond donors (Lipinski definition) is 1. The van der Waals surface area contributed by atoms with Gasteiger partial charge in [-0.15, -0.1) is 0 Å². The number of nitrogens with one attached hydrogen (secondary N) is 1. The van der Waals surface area contributed by atoms with Crippen LogP contribution in [-0.4, -0.2) is 16.3 Å². The van der Waals surface area contributed by atoms with Crippen molar-refractivity contribution in [2.45, 2.75) is 26.1 Å². The van der Waals surface area contributed by atoms with E-state index in [1.54, 1.807) is 12.1 Å². The highest BCUT2D eigenvalue weighted by molar-refractivity contribution is 6.32. The van der Waals surface area contributed by atoms with Crippen LogP contribution in [0.2, 0.25) is 5.02 Å². The Labute approximate surface area is 125 Å². The van der Waals surface area contributed by atoms with Crippen LogP contribution in [0.3, 0.4) is 0 Å². The third-order valence-electron chi connectivity index (χ3n) is 2.92. The van der Waals surface area contributed by atoms with Crippen molar-refractivity contribution in [2.24, 2.45) is 0 Å². The molecule has 0 bridgehead atoms. The lowest BCUT2D eigenvalue weighted by atomic mass is 10.2. The molecule has 21 heavy (non-hydrogen) atoms. The number of rotatable bonds is 5. The van der Waals surface area contributed by atoms with Gasteiger partial charge in [0.1, 0.15) is 0 Å². The largest absolute Gasteiger partial charge is 0.419 e. The highest BCUT2D eigenvalue weighted by Gasteiger charge is 2.32. The van der Waals surface area contributed by atoms with E-state index in [-0.39, 0.29) is 0 Å². The van der Waals surface area contributed by atoms with Gasteiger partial charge in [0.05, 0.1) is 22.5 Å². The Balaban J connectivity index is 2.19. The van der Waals surface area contributed by atoms with Gasteiger partial charge in [-0.05, 0) is 30.7 Å². The van der Waals surface area contributed by atoms with E-state index in [2.05, 4.69) is 17.3 Å². The van der Waals surface area contributed by atoms with Crippen molar-refractivity contribution in [1.82, 2.24) is 15.1 Å². The second-order valence-corrected chi connectivity index (χ2v) is 5.04. The summed E-state index contributed by atoms with van der Waals surface area (Å²) < 4.78 is 38.8. The third kappa shape index (κ3) is 3.98. The van der Waals surface area contributed by atoms with E-state index in [0.717, 1.165) is 35.6 Å². The fourth-order valence-electron chi connectivity index (χ4n) is 1.86. The maximum atomic E-state index is 12.6. The molecule has 7 heteroatoms. The molecule has 0 saturated heterocycles. The monoisotopic (exact) mass is 317 g/mol. The first-order valence-electron chi connectivity index (χ1n) is 6.53. The molecule has 0 radical (unpaired) electrons. The van der Waals surface area contributed by atoms with Crippen LogP contribution in [0.1, 0.15) is 24.5 Å². The second kappa shape index (κ2) is 6.49. The van der Waals surface area contributed by atoms with E-state index < -0.39 is 11.7 Å². The van der Waals surface area contributed by atoms with Crippen LogP contribution < -0.4 is 5.32 Å². The normalized spacial score (nSPS) is 11.9. The van der Waals surface area contributed by atoms with E-state index in [9.17, 15) is 13.2 Å². The number of halogens is 4. The average Bonchev–Trinajstić information content (AvgIpc) is 2.88. The highest BCUT2D eigenvalue weighted by Crippen LogP contribution is 2.30. The minimum absolute atomic E-state index is 0.364. The summed E-state index contributed by atoms with van der Waals surface area (Å²) in [6.07, 6.45) is -1.67. The number of hydrogen-bond acceptors (Lipinski definition) is 2. The predicted molar refractivity (Wildman–Crippen MR) is 75.6 cm³/mol. The first-order valence-corrected chi connectivity index (χ1v) is 6.91. The predicted octanol–water partition coefficient (Wildman–Crippen LogP) is 4.04. The molecule has 2 rings (SSSR count). The van der Waals surface area contributed by atoms with Gasteiger partial charge in [-0.1, -0.05) is 24.6 Å². The third-order valence-corrected chi connectivity index (χ3v) is 3.23. The van der Waals surface area contributed by atoms with Crippen LogP contribution in [0.15, 0.2) is 30.6 Å². The Bertz CT molecular complexity index is 608. The van der Waals surface area contributed by atoms with Crippen LogP contribution in [0.25, 0.3) is 5.69 Å². The van der Waals surface area contributed by atoms with E-state index >= 15 is 0 Å². The quantitative estimate of drug-likeness (QED) is 0.843. The molecule has 0 aliphatic heterocycles. The van der Waals surface area contributed by atoms with Gasteiger partial charge in [0.2, 0.25) is 0 Å². The molecule has 0 fully saturated rings. The molecule has 1 heterocycles. The fourth-order valence-corrected chi connectivity index (χ4v) is 2.15. The lowest BCUT2D eigenvalue weighted by Crippen LogP contribution is -2.13. The molecule has 0 saturated carbocycles. The van der Waals surface area contributed by atoms with E-state index in [4.69, 9.17) is 11.6 Å². The Morgan fingerprint density at radius 3 is 2.67 bits per heavy atom. The van der Waals surface area contributed by atoms with Crippen molar-refractivity contribution in [3.05, 3.63) is 46.7 Å². The SMILES string of the molecule is CCCNCc1ccc(-n2cc(C(F)(F)F)cn2)c(Cl)c1. The van der Waals surface area contributed by atoms with Crippen molar-refractivity contribution in [3.8, 4) is 5.69 Å². The van der Waals surface area contributed by atoms with Gasteiger partial charge in [-0.3, -0.25) is 0 Å². The van der Waals surface area contributed by atoms with Gasteiger partial charge < -0.3 is 5.32 Å². The molecule has 0 aliphatic rings. The molecular weight excluding hydrogens is 303 g/mol. The van der Waals surface area contributed by atoms with Gasteiger partial charge in [0.25, 0.3) is 0 Å². The summed E-state index contributed by atoms with van der Waals surface area (Å²) in [5, 5.41) is 7.31. The lowest BCUT2D eigenvalue weighted by molar-refractivity contribution is -0.137. The molecule has 1 aromatic carbocycles. The van der Waals surface area contributed by atoms with Crippen LogP contribution >= 0.6 is 11.6 Å². The number of benzene rings is 1. The van der Waals surface area contributed by atoms with E-state index in [1.165, 1.54) is 0 Å². The number of aromatic nitrogens is 2. The Morgan fingerprint density at radius 2 is 2.10 bits per heavy atom. The second-order valence-electron chi connectivity index (χ2n) is 4.63. The summed E-state index contributed by atoms with van der Waals surface area (Å²) in [4.78, 5) is 0. The maximum absolute atomic E-state index is 12.6. The van der Waals surface area contributed by atoms with Crippen LogP contribution in [-0.2, 0) is 12.7 Å². The zero-order chi connectivity index (χ0) is 15.5. The topological polar surface area (TPSA) is 29.9 Å². The minimum atomic E-state index is -4.41. The molecule has 3 nitrogen and oxygen atoms in total. The number of nitrogens with zero attached hydrogens (tertiary/aromatic N) is 2. The van der Waals surface area contributed by atoms with Gasteiger partial charge in [-0.25, -0.2) is 4.68 Å². The van der Waals surface area contributed by atoms with Gasteiger partial charge >= 0.3 is 6.18 Å². The summed E-state index contributed by atoms with van der Waals surface area (Å²) in [6.45, 7) is 3.63. The standard InChI is InChI=1S/C14H15ClF3N3/c1-2-5-19-7-10-3-4-13(12(15)6-10)21-9-11(8-20-21)14(16,17)18/h3-4,6,8-9,19H,2,5,7H2,1H3. The fraction of sp³-hybridized carbons (Fsp3) is 0.357. The maximum Gasteiger partial charge on any atom is 0.419 e. The Morgan fingerprint density at radius 1 is 1.33 bits per heavy atom. The Hall–Kier alpha value is -1.53. The molecule has 0 atom stereocenters. The summed E-state index contributed by atoms with van der Waals surface area (Å²) in [7, 11) is 0. The van der Waals surface area contributed by atoms with Crippen molar-refractivity contribution in [3.63, 3.8) is 0 Å². The first kappa shape index (κ1) is 15.9. The van der Waals surface area contributed by atoms with Crippen LogP contribution in [0.5, 0.6) is 0 Å². The van der Waals surface area contributed by atoms with Gasteiger partial charge in [0, 0.05) is 12.7 Å². The van der Waals surface area contributed by atoms with E-state index in [1.807, 2.05) is 6.07 Å². The van der Waals surface area contributed by atoms with Crippen molar-refractivity contribution < 1.29 is 13.2 Å². The van der Waals surface area contributed by atoms with Gasteiger partial charge in [-0.2, -0.15) is 18.3 Å². The summed E-state index contributed by atoms with van der Waals surface area (Å²) in [5.41, 5.74) is 0.596. The molecule has 2 aromatic rings. The molecule has 1 aromatic heterocycles. The van der Waals surface area contributed by atoms with Crippen LogP contribution in [0, 0.1) is 0 Å². The molecule has 0 spiro atoms.